The van der Waals surface area contributed by atoms with Crippen LogP contribution in [0.3, 0.4) is 0 Å². The summed E-state index contributed by atoms with van der Waals surface area (Å²) in [5, 5.41) is 13.2. The number of anilines is 2. The molecule has 0 N–H and O–H groups in total. The van der Waals surface area contributed by atoms with Gasteiger partial charge in [-0.1, -0.05) is 35.4 Å². The number of aromatic nitrogens is 4. The van der Waals surface area contributed by atoms with Gasteiger partial charge < -0.3 is 14.2 Å². The van der Waals surface area contributed by atoms with Crippen LogP contribution >= 0.6 is 0 Å². The molecule has 8 nitrogen and oxygen atoms in total. The lowest BCUT2D eigenvalue weighted by molar-refractivity contribution is 0.558. The summed E-state index contributed by atoms with van der Waals surface area (Å²) in [7, 11) is 0. The summed E-state index contributed by atoms with van der Waals surface area (Å²) in [6.45, 7) is 3.02. The highest BCUT2D eigenvalue weighted by Gasteiger charge is 2.23. The van der Waals surface area contributed by atoms with Gasteiger partial charge in [0.05, 0.1) is 11.4 Å². The van der Waals surface area contributed by atoms with Crippen LogP contribution in [-0.4, -0.2) is 46.4 Å². The van der Waals surface area contributed by atoms with E-state index in [1.165, 1.54) is 0 Å². The molecule has 0 saturated carbocycles. The highest BCUT2D eigenvalue weighted by Crippen LogP contribution is 2.26. The second-order valence-electron chi connectivity index (χ2n) is 6.65. The molecule has 28 heavy (non-hydrogen) atoms. The van der Waals surface area contributed by atoms with Crippen molar-refractivity contribution in [2.45, 2.75) is 0 Å². The molecule has 8 heteroatoms. The fourth-order valence-corrected chi connectivity index (χ4v) is 3.62. The molecule has 0 spiro atoms. The Morgan fingerprint density at radius 3 is 2.39 bits per heavy atom. The number of fused-ring (bicyclic) bond motifs is 1. The third kappa shape index (κ3) is 2.88. The summed E-state index contributed by atoms with van der Waals surface area (Å²) in [5.74, 6) is 0.725. The van der Waals surface area contributed by atoms with Gasteiger partial charge >= 0.3 is 5.63 Å². The molecule has 1 aliphatic rings. The fourth-order valence-electron chi connectivity index (χ4n) is 3.62. The Hall–Kier alpha value is -3.68. The molecule has 0 aliphatic carbocycles. The average molecular weight is 374 g/mol. The van der Waals surface area contributed by atoms with Crippen LogP contribution in [0.25, 0.3) is 16.7 Å². The maximum absolute atomic E-state index is 12.0. The molecule has 0 radical (unpaired) electrons. The second kappa shape index (κ2) is 6.80. The summed E-state index contributed by atoms with van der Waals surface area (Å²) in [6.07, 6.45) is 0. The molecule has 3 heterocycles. The fraction of sp³-hybridized carbons (Fsp3) is 0.200. The van der Waals surface area contributed by atoms with Gasteiger partial charge in [0.15, 0.2) is 0 Å². The van der Waals surface area contributed by atoms with Crippen molar-refractivity contribution < 1.29 is 4.42 Å². The molecule has 0 unspecified atom stereocenters. The van der Waals surface area contributed by atoms with E-state index in [1.807, 2.05) is 54.6 Å². The van der Waals surface area contributed by atoms with Gasteiger partial charge in [0.25, 0.3) is 0 Å². The van der Waals surface area contributed by atoms with Crippen molar-refractivity contribution in [1.82, 2.24) is 20.2 Å². The molecule has 140 valence electrons. The van der Waals surface area contributed by atoms with E-state index in [2.05, 4.69) is 25.3 Å². The first kappa shape index (κ1) is 16.5. The summed E-state index contributed by atoms with van der Waals surface area (Å²) in [5.41, 5.74) is 2.12. The van der Waals surface area contributed by atoms with Crippen molar-refractivity contribution in [3.05, 3.63) is 71.1 Å². The molecule has 0 amide bonds. The molecular formula is C20H18N6O2. The van der Waals surface area contributed by atoms with E-state index in [-0.39, 0.29) is 5.63 Å². The zero-order chi connectivity index (χ0) is 18.9. The zero-order valence-corrected chi connectivity index (χ0v) is 15.1. The molecule has 0 atom stereocenters. The first-order chi connectivity index (χ1) is 13.8. The third-order valence-electron chi connectivity index (χ3n) is 4.99. The van der Waals surface area contributed by atoms with Crippen LogP contribution in [0.4, 0.5) is 11.6 Å². The van der Waals surface area contributed by atoms with Gasteiger partial charge in [-0.05, 0) is 34.7 Å². The van der Waals surface area contributed by atoms with Crippen LogP contribution in [0.2, 0.25) is 0 Å². The Balaban J connectivity index is 1.40. The van der Waals surface area contributed by atoms with Gasteiger partial charge in [0.2, 0.25) is 5.95 Å². The SMILES string of the molecule is O=c1cc(N2CCN(c3nnnn3-c3ccccc3)CC2)c2ccccc2o1. The molecule has 1 saturated heterocycles. The Bertz CT molecular complexity index is 1160. The number of hydrogen-bond acceptors (Lipinski definition) is 7. The van der Waals surface area contributed by atoms with Gasteiger partial charge in [-0.3, -0.25) is 0 Å². The average Bonchev–Trinajstić information content (AvgIpc) is 3.24. The van der Waals surface area contributed by atoms with Crippen molar-refractivity contribution in [3.63, 3.8) is 0 Å². The van der Waals surface area contributed by atoms with Gasteiger partial charge in [-0.2, -0.15) is 4.68 Å². The predicted molar refractivity (Wildman–Crippen MR) is 106 cm³/mol. The summed E-state index contributed by atoms with van der Waals surface area (Å²) in [6, 6.07) is 19.1. The number of hydrogen-bond donors (Lipinski definition) is 0. The van der Waals surface area contributed by atoms with Crippen LogP contribution in [-0.2, 0) is 0 Å². The molecule has 0 bridgehead atoms. The monoisotopic (exact) mass is 374 g/mol. The number of piperazine rings is 1. The first-order valence-corrected chi connectivity index (χ1v) is 9.16. The second-order valence-corrected chi connectivity index (χ2v) is 6.65. The standard InChI is InChI=1S/C20H18N6O2/c27-19-14-17(16-8-4-5-9-18(16)28-19)24-10-12-25(13-11-24)20-21-22-23-26(20)15-6-2-1-3-7-15/h1-9,14H,10-13H2. The Morgan fingerprint density at radius 2 is 1.57 bits per heavy atom. The van der Waals surface area contributed by atoms with E-state index in [9.17, 15) is 4.79 Å². The van der Waals surface area contributed by atoms with Gasteiger partial charge in [0, 0.05) is 37.6 Å². The highest BCUT2D eigenvalue weighted by atomic mass is 16.4. The molecule has 1 fully saturated rings. The van der Waals surface area contributed by atoms with Crippen LogP contribution in [0.15, 0.2) is 69.9 Å². The number of nitrogens with zero attached hydrogens (tertiary/aromatic N) is 6. The van der Waals surface area contributed by atoms with E-state index < -0.39 is 0 Å². The topological polar surface area (TPSA) is 80.3 Å². The predicted octanol–water partition coefficient (Wildman–Crippen LogP) is 2.10. The summed E-state index contributed by atoms with van der Waals surface area (Å²) < 4.78 is 7.07. The van der Waals surface area contributed by atoms with Crippen molar-refractivity contribution >= 4 is 22.6 Å². The minimum absolute atomic E-state index is 0.329. The largest absolute Gasteiger partial charge is 0.423 e. The summed E-state index contributed by atoms with van der Waals surface area (Å²) >= 11 is 0. The number of para-hydroxylation sites is 2. The zero-order valence-electron chi connectivity index (χ0n) is 15.1. The third-order valence-corrected chi connectivity index (χ3v) is 4.99. The molecule has 2 aromatic heterocycles. The lowest BCUT2D eigenvalue weighted by Gasteiger charge is -2.36. The number of rotatable bonds is 3. The first-order valence-electron chi connectivity index (χ1n) is 9.16. The van der Waals surface area contributed by atoms with E-state index in [0.29, 0.717) is 5.58 Å². The molecule has 2 aromatic carbocycles. The Morgan fingerprint density at radius 1 is 0.857 bits per heavy atom. The minimum atomic E-state index is -0.329. The van der Waals surface area contributed by atoms with Crippen LogP contribution in [0.5, 0.6) is 0 Å². The minimum Gasteiger partial charge on any atom is -0.423 e. The molecule has 1 aliphatic heterocycles. The molecule has 4 aromatic rings. The quantitative estimate of drug-likeness (QED) is 0.508. The van der Waals surface area contributed by atoms with Crippen LogP contribution in [0, 0.1) is 0 Å². The normalized spacial score (nSPS) is 14.6. The molecular weight excluding hydrogens is 356 g/mol. The Kier molecular flexibility index (Phi) is 4.01. The van der Waals surface area contributed by atoms with Crippen molar-refractivity contribution in [1.29, 1.82) is 0 Å². The number of tetrazole rings is 1. The lowest BCUT2D eigenvalue weighted by atomic mass is 10.1. The molecule has 5 rings (SSSR count). The summed E-state index contributed by atoms with van der Waals surface area (Å²) in [4.78, 5) is 16.3. The van der Waals surface area contributed by atoms with E-state index in [0.717, 1.165) is 48.9 Å². The lowest BCUT2D eigenvalue weighted by Crippen LogP contribution is -2.47. The maximum atomic E-state index is 12.0. The van der Waals surface area contributed by atoms with Gasteiger partial charge in [0.1, 0.15) is 5.58 Å². The van der Waals surface area contributed by atoms with E-state index >= 15 is 0 Å². The van der Waals surface area contributed by atoms with Crippen molar-refractivity contribution in [2.24, 2.45) is 0 Å². The van der Waals surface area contributed by atoms with Crippen LogP contribution < -0.4 is 15.4 Å². The van der Waals surface area contributed by atoms with Crippen molar-refractivity contribution in [2.75, 3.05) is 36.0 Å². The van der Waals surface area contributed by atoms with E-state index in [1.54, 1.807) is 10.7 Å². The van der Waals surface area contributed by atoms with Gasteiger partial charge in [-0.15, -0.1) is 0 Å². The Labute approximate surface area is 160 Å². The van der Waals surface area contributed by atoms with Crippen molar-refractivity contribution in [3.8, 4) is 5.69 Å². The smallest absolute Gasteiger partial charge is 0.338 e. The maximum Gasteiger partial charge on any atom is 0.338 e. The number of benzene rings is 2. The van der Waals surface area contributed by atoms with Crippen LogP contribution in [0.1, 0.15) is 0 Å². The van der Waals surface area contributed by atoms with Gasteiger partial charge in [-0.25, -0.2) is 4.79 Å². The van der Waals surface area contributed by atoms with E-state index in [4.69, 9.17) is 4.42 Å². The highest BCUT2D eigenvalue weighted by molar-refractivity contribution is 5.90.